The third kappa shape index (κ3) is 4.14. The van der Waals surface area contributed by atoms with Crippen molar-refractivity contribution >= 4 is 26.2 Å². The van der Waals surface area contributed by atoms with Crippen molar-refractivity contribution in [2.24, 2.45) is 0 Å². The van der Waals surface area contributed by atoms with Gasteiger partial charge in [-0.1, -0.05) is 11.6 Å². The zero-order chi connectivity index (χ0) is 12.0. The highest BCUT2D eigenvalue weighted by Gasteiger charge is 2.15. The lowest BCUT2D eigenvalue weighted by molar-refractivity contribution is -0.215. The van der Waals surface area contributed by atoms with Crippen LogP contribution in [0.1, 0.15) is 6.92 Å². The van der Waals surface area contributed by atoms with E-state index >= 15 is 0 Å². The van der Waals surface area contributed by atoms with Crippen LogP contribution in [-0.4, -0.2) is 12.0 Å². The molecule has 0 amide bonds. The van der Waals surface area contributed by atoms with Crippen LogP contribution < -0.4 is 9.97 Å². The van der Waals surface area contributed by atoms with Crippen molar-refractivity contribution in [2.45, 2.75) is 13.0 Å². The van der Waals surface area contributed by atoms with Crippen LogP contribution in [0.2, 0.25) is 5.02 Å². The smallest absolute Gasteiger partial charge is 0.287 e. The van der Waals surface area contributed by atoms with Gasteiger partial charge in [-0.25, -0.2) is 14.8 Å². The van der Waals surface area contributed by atoms with E-state index in [1.54, 1.807) is 24.3 Å². The van der Waals surface area contributed by atoms with Crippen molar-refractivity contribution in [3.63, 3.8) is 0 Å². The summed E-state index contributed by atoms with van der Waals surface area (Å²) in [5.41, 5.74) is 0. The molecule has 0 unspecified atom stereocenters. The van der Waals surface area contributed by atoms with Crippen LogP contribution in [-0.2, 0) is 14.2 Å². The van der Waals surface area contributed by atoms with E-state index in [4.69, 9.17) is 16.5 Å². The Hall–Kier alpha value is -1.16. The molecular formula is C9H9ClNO4P. The maximum Gasteiger partial charge on any atom is 0.372 e. The Morgan fingerprint density at radius 3 is 2.62 bits per heavy atom. The van der Waals surface area contributed by atoms with Gasteiger partial charge in [0.1, 0.15) is 6.04 Å². The van der Waals surface area contributed by atoms with Crippen LogP contribution >= 0.6 is 20.2 Å². The van der Waals surface area contributed by atoms with Crippen LogP contribution in [0.3, 0.4) is 0 Å². The van der Waals surface area contributed by atoms with Crippen LogP contribution in [0.5, 0.6) is 5.75 Å². The third-order valence-electron chi connectivity index (χ3n) is 1.63. The predicted octanol–water partition coefficient (Wildman–Crippen LogP) is 2.36. The summed E-state index contributed by atoms with van der Waals surface area (Å²) in [6, 6.07) is 5.59. The molecular weight excluding hydrogens is 253 g/mol. The molecule has 0 aliphatic carbocycles. The van der Waals surface area contributed by atoms with Gasteiger partial charge < -0.3 is 0 Å². The van der Waals surface area contributed by atoms with Crippen molar-refractivity contribution in [3.05, 3.63) is 29.3 Å². The van der Waals surface area contributed by atoms with Gasteiger partial charge in [-0.3, -0.25) is 9.45 Å². The van der Waals surface area contributed by atoms with E-state index in [0.29, 0.717) is 10.8 Å². The fourth-order valence-corrected chi connectivity index (χ4v) is 1.17. The summed E-state index contributed by atoms with van der Waals surface area (Å²) in [5.74, 6) is -0.317. The summed E-state index contributed by atoms with van der Waals surface area (Å²) >= 11 is 5.66. The quantitative estimate of drug-likeness (QED) is 0.501. The summed E-state index contributed by atoms with van der Waals surface area (Å²) in [6.07, 6.45) is 0. The molecule has 1 N–H and O–H groups in total. The fourth-order valence-electron chi connectivity index (χ4n) is 0.783. The summed E-state index contributed by atoms with van der Waals surface area (Å²) in [7, 11) is -0.343. The second-order valence-electron chi connectivity index (χ2n) is 2.88. The number of benzene rings is 1. The third-order valence-corrected chi connectivity index (χ3v) is 2.38. The van der Waals surface area contributed by atoms with Gasteiger partial charge in [0.2, 0.25) is 8.61 Å². The topological polar surface area (TPSA) is 64.6 Å². The number of halogens is 1. The maximum absolute atomic E-state index is 11.2. The van der Waals surface area contributed by atoms with Crippen LogP contribution in [0.15, 0.2) is 24.3 Å². The van der Waals surface area contributed by atoms with Gasteiger partial charge in [0.15, 0.2) is 5.75 Å². The number of nitrogens with one attached hydrogen (secondary N) is 1. The first-order valence-electron chi connectivity index (χ1n) is 4.35. The van der Waals surface area contributed by atoms with Gasteiger partial charge in [-0.2, -0.15) is 0 Å². The summed E-state index contributed by atoms with van der Waals surface area (Å²) in [6.45, 7) is 1.50. The van der Waals surface area contributed by atoms with Crippen molar-refractivity contribution in [1.82, 2.24) is 5.09 Å². The predicted molar refractivity (Wildman–Crippen MR) is 58.4 cm³/mol. The lowest BCUT2D eigenvalue weighted by atomic mass is 10.3. The molecule has 7 heteroatoms. The van der Waals surface area contributed by atoms with E-state index < -0.39 is 12.0 Å². The molecule has 86 valence electrons. The van der Waals surface area contributed by atoms with Crippen LogP contribution in [0, 0.1) is 0 Å². The van der Waals surface area contributed by atoms with Crippen molar-refractivity contribution < 1.29 is 19.1 Å². The molecule has 0 heterocycles. The lowest BCUT2D eigenvalue weighted by Gasteiger charge is -2.07. The molecule has 0 aliphatic heterocycles. The molecule has 5 nitrogen and oxygen atoms in total. The van der Waals surface area contributed by atoms with Crippen LogP contribution in [0.25, 0.3) is 0 Å². The second kappa shape index (κ2) is 6.43. The number of carbonyl (C=O) groups excluding carboxylic acids is 1. The Bertz CT molecular complexity index is 370. The molecule has 0 saturated carbocycles. The minimum atomic E-state index is -0.716. The number of rotatable bonds is 5. The molecule has 0 bridgehead atoms. The van der Waals surface area contributed by atoms with Gasteiger partial charge >= 0.3 is 5.97 Å². The molecule has 0 spiro atoms. The van der Waals surface area contributed by atoms with Gasteiger partial charge in [-0.15, -0.1) is 0 Å². The number of hydrogen-bond donors (Lipinski definition) is 1. The SMILES string of the molecule is C[C@H](NP=O)C(=O)OOc1ccc(Cl)cc1. The van der Waals surface area contributed by atoms with Crippen LogP contribution in [0.4, 0.5) is 0 Å². The summed E-state index contributed by atoms with van der Waals surface area (Å²) in [4.78, 5) is 20.4. The first-order valence-corrected chi connectivity index (χ1v) is 5.54. The fraction of sp³-hybridized carbons (Fsp3) is 0.222. The van der Waals surface area contributed by atoms with E-state index in [1.807, 2.05) is 0 Å². The Kier molecular flexibility index (Phi) is 5.19. The van der Waals surface area contributed by atoms with E-state index in [0.717, 1.165) is 0 Å². The van der Waals surface area contributed by atoms with E-state index in [9.17, 15) is 9.36 Å². The molecule has 1 aromatic rings. The standard InChI is InChI=1S/C9H9ClNO4P/c1-6(11-16-13)9(12)15-14-8-4-2-7(10)3-5-8/h2-6H,1H3,(H,11,13)/t6-/m0/s1. The second-order valence-corrected chi connectivity index (χ2v) is 3.76. The molecule has 16 heavy (non-hydrogen) atoms. The molecule has 1 rings (SSSR count). The number of carbonyl (C=O) groups is 1. The molecule has 0 aromatic heterocycles. The van der Waals surface area contributed by atoms with Gasteiger partial charge in [0.25, 0.3) is 0 Å². The van der Waals surface area contributed by atoms with Gasteiger partial charge in [-0.05, 0) is 31.2 Å². The highest BCUT2D eigenvalue weighted by molar-refractivity contribution is 7.21. The molecule has 0 fully saturated rings. The summed E-state index contributed by atoms with van der Waals surface area (Å²) < 4.78 is 10.2. The Balaban J connectivity index is 2.42. The minimum Gasteiger partial charge on any atom is -0.287 e. The minimum absolute atomic E-state index is 0.343. The molecule has 0 aliphatic rings. The summed E-state index contributed by atoms with van der Waals surface area (Å²) in [5, 5.41) is 2.89. The maximum atomic E-state index is 11.2. The number of hydrogen-bond acceptors (Lipinski definition) is 4. The van der Waals surface area contributed by atoms with Crippen molar-refractivity contribution in [2.75, 3.05) is 0 Å². The Morgan fingerprint density at radius 2 is 2.06 bits per heavy atom. The zero-order valence-electron chi connectivity index (χ0n) is 8.34. The monoisotopic (exact) mass is 261 g/mol. The molecule has 0 saturated heterocycles. The van der Waals surface area contributed by atoms with Gasteiger partial charge in [0, 0.05) is 5.02 Å². The molecule has 0 radical (unpaired) electrons. The average molecular weight is 262 g/mol. The first-order chi connectivity index (χ1) is 7.63. The van der Waals surface area contributed by atoms with Gasteiger partial charge in [0.05, 0.1) is 0 Å². The van der Waals surface area contributed by atoms with E-state index in [2.05, 4.69) is 9.97 Å². The zero-order valence-corrected chi connectivity index (χ0v) is 10.00. The van der Waals surface area contributed by atoms with E-state index in [-0.39, 0.29) is 8.61 Å². The average Bonchev–Trinajstić information content (AvgIpc) is 2.28. The Labute approximate surface area is 98.9 Å². The van der Waals surface area contributed by atoms with Crippen molar-refractivity contribution in [1.29, 1.82) is 0 Å². The Morgan fingerprint density at radius 1 is 1.44 bits per heavy atom. The highest BCUT2D eigenvalue weighted by Crippen LogP contribution is 2.15. The lowest BCUT2D eigenvalue weighted by Crippen LogP contribution is -2.30. The molecule has 1 aromatic carbocycles. The normalized spacial score (nSPS) is 12.1. The van der Waals surface area contributed by atoms with Crippen molar-refractivity contribution in [3.8, 4) is 5.75 Å². The molecule has 1 atom stereocenters. The first kappa shape index (κ1) is 12.9. The highest BCUT2D eigenvalue weighted by atomic mass is 35.5. The van der Waals surface area contributed by atoms with E-state index in [1.165, 1.54) is 6.92 Å². The largest absolute Gasteiger partial charge is 0.372 e.